The molecule has 0 aliphatic rings. The van der Waals surface area contributed by atoms with Gasteiger partial charge in [-0.1, -0.05) is 24.8 Å². The van der Waals surface area contributed by atoms with Crippen molar-refractivity contribution in [2.75, 3.05) is 13.7 Å². The topological polar surface area (TPSA) is 21.3 Å². The average molecular weight is 249 g/mol. The number of hydrogen-bond acceptors (Lipinski definition) is 3. The Kier molecular flexibility index (Phi) is 6.51. The van der Waals surface area contributed by atoms with E-state index in [0.29, 0.717) is 0 Å². The third-order valence-electron chi connectivity index (χ3n) is 2.51. The number of thiol groups is 1. The number of nitrogens with one attached hydrogen (secondary N) is 1. The molecule has 0 radical (unpaired) electrons. The summed E-state index contributed by atoms with van der Waals surface area (Å²) in [7, 11) is 1.67. The molecule has 0 atom stereocenters. The predicted molar refractivity (Wildman–Crippen MR) is 76.6 cm³/mol. The minimum Gasteiger partial charge on any atom is -0.497 e. The van der Waals surface area contributed by atoms with Crippen LogP contribution in [0.4, 0.5) is 0 Å². The van der Waals surface area contributed by atoms with Crippen molar-refractivity contribution in [3.63, 3.8) is 0 Å². The van der Waals surface area contributed by atoms with E-state index >= 15 is 0 Å². The molecule has 2 nitrogen and oxygen atoms in total. The standard InChI is InChI=1S/C14H19NOS/c1-3-12(11-17)8-9-15-10-13-4-6-14(16-2)7-5-13/h3-7,11,15,17H,1,8-10H2,2H3/b12-11+. The highest BCUT2D eigenvalue weighted by Gasteiger charge is 1.95. The maximum atomic E-state index is 5.11. The number of rotatable bonds is 7. The van der Waals surface area contributed by atoms with E-state index in [-0.39, 0.29) is 0 Å². The smallest absolute Gasteiger partial charge is 0.118 e. The van der Waals surface area contributed by atoms with Crippen LogP contribution < -0.4 is 10.1 Å². The van der Waals surface area contributed by atoms with Gasteiger partial charge in [-0.15, -0.1) is 0 Å². The molecule has 0 aromatic heterocycles. The van der Waals surface area contributed by atoms with Crippen LogP contribution in [-0.4, -0.2) is 13.7 Å². The van der Waals surface area contributed by atoms with Gasteiger partial charge in [-0.05, 0) is 41.6 Å². The second-order valence-corrected chi connectivity index (χ2v) is 3.94. The summed E-state index contributed by atoms with van der Waals surface area (Å²) < 4.78 is 5.11. The molecule has 1 aromatic carbocycles. The molecule has 1 N–H and O–H groups in total. The van der Waals surface area contributed by atoms with Gasteiger partial charge < -0.3 is 10.1 Å². The molecule has 0 amide bonds. The lowest BCUT2D eigenvalue weighted by Gasteiger charge is -2.06. The molecule has 0 aliphatic heterocycles. The number of benzene rings is 1. The van der Waals surface area contributed by atoms with Gasteiger partial charge in [0.05, 0.1) is 7.11 Å². The summed E-state index contributed by atoms with van der Waals surface area (Å²) in [5.74, 6) is 0.890. The Morgan fingerprint density at radius 3 is 2.65 bits per heavy atom. The maximum absolute atomic E-state index is 5.11. The van der Waals surface area contributed by atoms with Gasteiger partial charge in [0.25, 0.3) is 0 Å². The Hall–Kier alpha value is -1.19. The number of hydrogen-bond donors (Lipinski definition) is 2. The van der Waals surface area contributed by atoms with Crippen LogP contribution >= 0.6 is 12.6 Å². The van der Waals surface area contributed by atoms with E-state index < -0.39 is 0 Å². The average Bonchev–Trinajstić information content (AvgIpc) is 2.40. The van der Waals surface area contributed by atoms with E-state index in [1.165, 1.54) is 5.56 Å². The molecule has 17 heavy (non-hydrogen) atoms. The minimum absolute atomic E-state index is 0.862. The zero-order valence-electron chi connectivity index (χ0n) is 10.1. The highest BCUT2D eigenvalue weighted by Crippen LogP contribution is 2.11. The van der Waals surface area contributed by atoms with E-state index in [1.54, 1.807) is 12.5 Å². The van der Waals surface area contributed by atoms with Crippen molar-refractivity contribution in [3.05, 3.63) is 53.5 Å². The van der Waals surface area contributed by atoms with Crippen LogP contribution in [0.1, 0.15) is 12.0 Å². The van der Waals surface area contributed by atoms with Crippen molar-refractivity contribution >= 4 is 12.6 Å². The molecule has 0 aliphatic carbocycles. The Morgan fingerprint density at radius 2 is 2.12 bits per heavy atom. The zero-order valence-corrected chi connectivity index (χ0v) is 11.0. The van der Waals surface area contributed by atoms with Gasteiger partial charge in [-0.3, -0.25) is 0 Å². The minimum atomic E-state index is 0.862. The fraction of sp³-hybridized carbons (Fsp3) is 0.286. The molecule has 0 saturated heterocycles. The Bertz CT molecular complexity index is 370. The van der Waals surface area contributed by atoms with Crippen LogP contribution in [0, 0.1) is 0 Å². The lowest BCUT2D eigenvalue weighted by Crippen LogP contribution is -2.14. The van der Waals surface area contributed by atoms with Gasteiger partial charge in [-0.25, -0.2) is 0 Å². The summed E-state index contributed by atoms with van der Waals surface area (Å²) in [6, 6.07) is 8.07. The molecule has 92 valence electrons. The summed E-state index contributed by atoms with van der Waals surface area (Å²) >= 11 is 4.11. The van der Waals surface area contributed by atoms with Gasteiger partial charge in [0.15, 0.2) is 0 Å². The van der Waals surface area contributed by atoms with Gasteiger partial charge in [-0.2, -0.15) is 12.6 Å². The second-order valence-electron chi connectivity index (χ2n) is 3.68. The van der Waals surface area contributed by atoms with Gasteiger partial charge in [0.2, 0.25) is 0 Å². The first-order valence-electron chi connectivity index (χ1n) is 5.59. The molecular weight excluding hydrogens is 230 g/mol. The SMILES string of the molecule is C=C/C(=C\S)CCNCc1ccc(OC)cc1. The molecule has 0 unspecified atom stereocenters. The molecule has 0 spiro atoms. The lowest BCUT2D eigenvalue weighted by molar-refractivity contribution is 0.414. The number of methoxy groups -OCH3 is 1. The van der Waals surface area contributed by atoms with Crippen LogP contribution in [0.5, 0.6) is 5.75 Å². The van der Waals surface area contributed by atoms with E-state index in [0.717, 1.165) is 30.8 Å². The summed E-state index contributed by atoms with van der Waals surface area (Å²) in [4.78, 5) is 0. The van der Waals surface area contributed by atoms with Gasteiger partial charge in [0, 0.05) is 6.54 Å². The zero-order chi connectivity index (χ0) is 12.5. The predicted octanol–water partition coefficient (Wildman–Crippen LogP) is 3.17. The van der Waals surface area contributed by atoms with Crippen molar-refractivity contribution in [1.82, 2.24) is 5.32 Å². The van der Waals surface area contributed by atoms with E-state index in [2.05, 4.69) is 36.7 Å². The molecule has 0 fully saturated rings. The molecule has 1 rings (SSSR count). The Morgan fingerprint density at radius 1 is 1.41 bits per heavy atom. The maximum Gasteiger partial charge on any atom is 0.118 e. The Labute approximate surface area is 109 Å². The van der Waals surface area contributed by atoms with Crippen molar-refractivity contribution in [3.8, 4) is 5.75 Å². The highest BCUT2D eigenvalue weighted by atomic mass is 32.1. The third kappa shape index (κ3) is 5.11. The summed E-state index contributed by atoms with van der Waals surface area (Å²) in [6.07, 6.45) is 2.78. The Balaban J connectivity index is 2.28. The monoisotopic (exact) mass is 249 g/mol. The molecule has 0 saturated carbocycles. The molecule has 3 heteroatoms. The molecule has 0 heterocycles. The fourth-order valence-corrected chi connectivity index (χ4v) is 1.66. The van der Waals surface area contributed by atoms with Crippen LogP contribution in [0.2, 0.25) is 0 Å². The van der Waals surface area contributed by atoms with Gasteiger partial charge >= 0.3 is 0 Å². The largest absolute Gasteiger partial charge is 0.497 e. The molecule has 0 bridgehead atoms. The first-order chi connectivity index (χ1) is 8.30. The third-order valence-corrected chi connectivity index (χ3v) is 2.84. The summed E-state index contributed by atoms with van der Waals surface area (Å²) in [6.45, 7) is 5.51. The van der Waals surface area contributed by atoms with Crippen molar-refractivity contribution < 1.29 is 4.74 Å². The van der Waals surface area contributed by atoms with Gasteiger partial charge in [0.1, 0.15) is 5.75 Å². The summed E-state index contributed by atoms with van der Waals surface area (Å²) in [5, 5.41) is 5.17. The van der Waals surface area contributed by atoms with Crippen LogP contribution in [0.15, 0.2) is 47.9 Å². The fourth-order valence-electron chi connectivity index (χ4n) is 1.43. The van der Waals surface area contributed by atoms with Crippen molar-refractivity contribution in [2.45, 2.75) is 13.0 Å². The first kappa shape index (κ1) is 13.9. The normalized spacial score (nSPS) is 11.3. The van der Waals surface area contributed by atoms with Crippen LogP contribution in [0.25, 0.3) is 0 Å². The summed E-state index contributed by atoms with van der Waals surface area (Å²) in [5.41, 5.74) is 2.40. The van der Waals surface area contributed by atoms with Crippen LogP contribution in [-0.2, 0) is 6.54 Å². The van der Waals surface area contributed by atoms with Crippen molar-refractivity contribution in [2.24, 2.45) is 0 Å². The quantitative estimate of drug-likeness (QED) is 0.440. The molecular formula is C14H19NOS. The van der Waals surface area contributed by atoms with Crippen molar-refractivity contribution in [1.29, 1.82) is 0 Å². The van der Waals surface area contributed by atoms with E-state index in [9.17, 15) is 0 Å². The molecule has 1 aromatic rings. The van der Waals surface area contributed by atoms with E-state index in [1.807, 2.05) is 18.2 Å². The second kappa shape index (κ2) is 7.98. The number of ether oxygens (including phenoxy) is 1. The highest BCUT2D eigenvalue weighted by molar-refractivity contribution is 7.83. The lowest BCUT2D eigenvalue weighted by atomic mass is 10.2. The number of allylic oxidation sites excluding steroid dienone is 1. The van der Waals surface area contributed by atoms with E-state index in [4.69, 9.17) is 4.74 Å². The first-order valence-corrected chi connectivity index (χ1v) is 6.11. The van der Waals surface area contributed by atoms with Crippen LogP contribution in [0.3, 0.4) is 0 Å².